The highest BCUT2D eigenvalue weighted by atomic mass is 127. The Morgan fingerprint density at radius 3 is 2.53 bits per heavy atom. The van der Waals surface area contributed by atoms with E-state index in [1.807, 2.05) is 61.5 Å². The fraction of sp³-hybridized carbons (Fsp3) is 0.130. The third kappa shape index (κ3) is 6.30. The number of rotatable bonds is 8. The minimum atomic E-state index is -0.277. The predicted molar refractivity (Wildman–Crippen MR) is 130 cm³/mol. The lowest BCUT2D eigenvalue weighted by molar-refractivity contribution is 0.0955. The van der Waals surface area contributed by atoms with Crippen LogP contribution in [0.15, 0.2) is 76.3 Å². The minimum absolute atomic E-state index is 0.277. The number of halogens is 2. The summed E-state index contributed by atoms with van der Waals surface area (Å²) in [5.74, 6) is 1.06. The van der Waals surface area contributed by atoms with E-state index in [2.05, 4.69) is 49.0 Å². The summed E-state index contributed by atoms with van der Waals surface area (Å²) in [6.07, 6.45) is 1.59. The van der Waals surface area contributed by atoms with E-state index in [1.165, 1.54) is 0 Å². The summed E-state index contributed by atoms with van der Waals surface area (Å²) in [6.45, 7) is 2.89. The van der Waals surface area contributed by atoms with Crippen LogP contribution in [0.1, 0.15) is 28.4 Å². The number of benzene rings is 3. The third-order valence-electron chi connectivity index (χ3n) is 4.04. The van der Waals surface area contributed by atoms with Crippen molar-refractivity contribution in [2.75, 3.05) is 6.61 Å². The van der Waals surface area contributed by atoms with Gasteiger partial charge in [0.2, 0.25) is 0 Å². The first kappa shape index (κ1) is 22.3. The molecule has 154 valence electrons. The van der Waals surface area contributed by atoms with E-state index in [9.17, 15) is 4.79 Å². The SMILES string of the molecule is CCOc1cc(/C=N/NC(=O)c2ccc(Br)cc2)cc(I)c1OCc1ccccc1. The molecule has 0 aliphatic heterocycles. The Morgan fingerprint density at radius 2 is 1.83 bits per heavy atom. The van der Waals surface area contributed by atoms with Gasteiger partial charge in [-0.3, -0.25) is 4.79 Å². The molecule has 0 bridgehead atoms. The summed E-state index contributed by atoms with van der Waals surface area (Å²) >= 11 is 5.56. The molecule has 0 saturated carbocycles. The lowest BCUT2D eigenvalue weighted by atomic mass is 10.2. The number of hydrazone groups is 1. The van der Waals surface area contributed by atoms with Gasteiger partial charge in [0.25, 0.3) is 5.91 Å². The molecular formula is C23H20BrIN2O3. The molecule has 0 saturated heterocycles. The van der Waals surface area contributed by atoms with Gasteiger partial charge in [-0.25, -0.2) is 5.43 Å². The van der Waals surface area contributed by atoms with Crippen molar-refractivity contribution in [1.29, 1.82) is 0 Å². The van der Waals surface area contributed by atoms with Gasteiger partial charge < -0.3 is 9.47 Å². The zero-order valence-corrected chi connectivity index (χ0v) is 20.0. The average Bonchev–Trinajstić information content (AvgIpc) is 2.74. The molecule has 0 aromatic heterocycles. The Kier molecular flexibility index (Phi) is 8.27. The predicted octanol–water partition coefficient (Wildman–Crippen LogP) is 5.80. The molecule has 3 aromatic carbocycles. The van der Waals surface area contributed by atoms with Crippen LogP contribution in [-0.2, 0) is 6.61 Å². The van der Waals surface area contributed by atoms with Crippen LogP contribution in [0.5, 0.6) is 11.5 Å². The van der Waals surface area contributed by atoms with E-state index in [1.54, 1.807) is 18.3 Å². The van der Waals surface area contributed by atoms with E-state index in [0.717, 1.165) is 19.2 Å². The van der Waals surface area contributed by atoms with Crippen LogP contribution in [0.2, 0.25) is 0 Å². The number of amides is 1. The molecule has 7 heteroatoms. The topological polar surface area (TPSA) is 59.9 Å². The Labute approximate surface area is 197 Å². The highest BCUT2D eigenvalue weighted by molar-refractivity contribution is 14.1. The van der Waals surface area contributed by atoms with Crippen LogP contribution in [0, 0.1) is 3.57 Å². The van der Waals surface area contributed by atoms with Crippen LogP contribution < -0.4 is 14.9 Å². The Bertz CT molecular complexity index is 1020. The lowest BCUT2D eigenvalue weighted by Crippen LogP contribution is -2.17. The van der Waals surface area contributed by atoms with Crippen molar-refractivity contribution < 1.29 is 14.3 Å². The first-order valence-electron chi connectivity index (χ1n) is 9.29. The van der Waals surface area contributed by atoms with Crippen molar-refractivity contribution in [2.24, 2.45) is 5.10 Å². The van der Waals surface area contributed by atoms with Crippen molar-refractivity contribution in [3.63, 3.8) is 0 Å². The second-order valence-corrected chi connectivity index (χ2v) is 8.32. The number of nitrogens with zero attached hydrogens (tertiary/aromatic N) is 1. The molecule has 0 atom stereocenters. The zero-order valence-electron chi connectivity index (χ0n) is 16.3. The molecule has 1 amide bonds. The molecular weight excluding hydrogens is 559 g/mol. The molecule has 30 heavy (non-hydrogen) atoms. The Morgan fingerprint density at radius 1 is 1.10 bits per heavy atom. The number of carbonyl (C=O) groups is 1. The highest BCUT2D eigenvalue weighted by Gasteiger charge is 2.12. The molecule has 3 rings (SSSR count). The number of hydrogen-bond donors (Lipinski definition) is 1. The van der Waals surface area contributed by atoms with Gasteiger partial charge in [-0.1, -0.05) is 46.3 Å². The summed E-state index contributed by atoms with van der Waals surface area (Å²) in [7, 11) is 0. The number of ether oxygens (including phenoxy) is 2. The second kappa shape index (κ2) is 11.1. The summed E-state index contributed by atoms with van der Waals surface area (Å²) in [5.41, 5.74) is 4.95. The van der Waals surface area contributed by atoms with Crippen molar-refractivity contribution in [3.8, 4) is 11.5 Å². The molecule has 0 aliphatic rings. The van der Waals surface area contributed by atoms with Crippen molar-refractivity contribution >= 4 is 50.6 Å². The monoisotopic (exact) mass is 578 g/mol. The quantitative estimate of drug-likeness (QED) is 0.209. The first-order valence-corrected chi connectivity index (χ1v) is 11.2. The van der Waals surface area contributed by atoms with Gasteiger partial charge in [0, 0.05) is 10.0 Å². The molecule has 0 heterocycles. The van der Waals surface area contributed by atoms with Crippen LogP contribution >= 0.6 is 38.5 Å². The van der Waals surface area contributed by atoms with Gasteiger partial charge in [0.15, 0.2) is 11.5 Å². The van der Waals surface area contributed by atoms with E-state index < -0.39 is 0 Å². The van der Waals surface area contributed by atoms with Crippen LogP contribution in [-0.4, -0.2) is 18.7 Å². The number of nitrogens with one attached hydrogen (secondary N) is 1. The number of hydrogen-bond acceptors (Lipinski definition) is 4. The van der Waals surface area contributed by atoms with E-state index in [0.29, 0.717) is 30.3 Å². The molecule has 0 radical (unpaired) electrons. The number of carbonyl (C=O) groups excluding carboxylic acids is 1. The molecule has 0 spiro atoms. The van der Waals surface area contributed by atoms with Gasteiger partial charge in [0.05, 0.1) is 16.4 Å². The zero-order chi connectivity index (χ0) is 21.3. The van der Waals surface area contributed by atoms with Crippen molar-refractivity contribution in [1.82, 2.24) is 5.43 Å². The molecule has 0 fully saturated rings. The van der Waals surface area contributed by atoms with Gasteiger partial charge in [-0.05, 0) is 77.0 Å². The summed E-state index contributed by atoms with van der Waals surface area (Å²) in [5, 5.41) is 4.07. The maximum Gasteiger partial charge on any atom is 0.271 e. The lowest BCUT2D eigenvalue weighted by Gasteiger charge is -2.14. The largest absolute Gasteiger partial charge is 0.490 e. The maximum atomic E-state index is 12.2. The van der Waals surface area contributed by atoms with E-state index in [-0.39, 0.29) is 5.91 Å². The molecule has 0 unspecified atom stereocenters. The maximum absolute atomic E-state index is 12.2. The Balaban J connectivity index is 1.71. The fourth-order valence-corrected chi connectivity index (χ4v) is 3.67. The summed E-state index contributed by atoms with van der Waals surface area (Å²) < 4.78 is 13.6. The highest BCUT2D eigenvalue weighted by Crippen LogP contribution is 2.34. The fourth-order valence-electron chi connectivity index (χ4n) is 2.63. The average molecular weight is 579 g/mol. The third-order valence-corrected chi connectivity index (χ3v) is 5.37. The summed E-state index contributed by atoms with van der Waals surface area (Å²) in [6, 6.07) is 20.8. The van der Waals surface area contributed by atoms with Crippen LogP contribution in [0.25, 0.3) is 0 Å². The molecule has 0 aliphatic carbocycles. The molecule has 3 aromatic rings. The van der Waals surface area contributed by atoms with Gasteiger partial charge >= 0.3 is 0 Å². The molecule has 5 nitrogen and oxygen atoms in total. The molecule has 1 N–H and O–H groups in total. The minimum Gasteiger partial charge on any atom is -0.490 e. The van der Waals surface area contributed by atoms with Gasteiger partial charge in [-0.15, -0.1) is 0 Å². The smallest absolute Gasteiger partial charge is 0.271 e. The first-order chi connectivity index (χ1) is 14.6. The van der Waals surface area contributed by atoms with Crippen molar-refractivity contribution in [2.45, 2.75) is 13.5 Å². The summed E-state index contributed by atoms with van der Waals surface area (Å²) in [4.78, 5) is 12.2. The second-order valence-electron chi connectivity index (χ2n) is 6.24. The van der Waals surface area contributed by atoms with Crippen LogP contribution in [0.3, 0.4) is 0 Å². The van der Waals surface area contributed by atoms with Crippen molar-refractivity contribution in [3.05, 3.63) is 91.5 Å². The van der Waals surface area contributed by atoms with Crippen LogP contribution in [0.4, 0.5) is 0 Å². The van der Waals surface area contributed by atoms with E-state index in [4.69, 9.17) is 9.47 Å². The normalized spacial score (nSPS) is 10.8. The van der Waals surface area contributed by atoms with Gasteiger partial charge in [0.1, 0.15) is 6.61 Å². The standard InChI is InChI=1S/C23H20BrIN2O3/c1-2-29-21-13-17(14-26-27-23(28)18-8-10-19(24)11-9-18)12-20(25)22(21)30-15-16-6-4-3-5-7-16/h3-14H,2,15H2,1H3,(H,27,28)/b26-14+. The van der Waals surface area contributed by atoms with E-state index >= 15 is 0 Å². The van der Waals surface area contributed by atoms with Gasteiger partial charge in [-0.2, -0.15) is 5.10 Å². The Hall–Kier alpha value is -2.39.